The molecular formula is C17H23BO4. The smallest absolute Gasteiger partial charge is 0.481 e. The molecule has 1 aliphatic carbocycles. The first kappa shape index (κ1) is 15.6. The summed E-state index contributed by atoms with van der Waals surface area (Å²) in [6, 6.07) is 7.69. The molecule has 0 bridgehead atoms. The van der Waals surface area contributed by atoms with Crippen LogP contribution in [0.15, 0.2) is 24.3 Å². The zero-order chi connectivity index (χ0) is 16.2. The number of hydrogen-bond donors (Lipinski definition) is 1. The van der Waals surface area contributed by atoms with Crippen molar-refractivity contribution in [2.45, 2.75) is 63.6 Å². The van der Waals surface area contributed by atoms with Crippen molar-refractivity contribution in [1.82, 2.24) is 0 Å². The lowest BCUT2D eigenvalue weighted by molar-refractivity contribution is -0.147. The summed E-state index contributed by atoms with van der Waals surface area (Å²) in [4.78, 5) is 11.7. The highest BCUT2D eigenvalue weighted by molar-refractivity contribution is 6.62. The minimum Gasteiger partial charge on any atom is -0.481 e. The average Bonchev–Trinajstić information content (AvgIpc) is 2.57. The second kappa shape index (κ2) is 4.83. The van der Waals surface area contributed by atoms with Gasteiger partial charge < -0.3 is 14.4 Å². The van der Waals surface area contributed by atoms with Crippen LogP contribution in [0, 0.1) is 0 Å². The van der Waals surface area contributed by atoms with Crippen molar-refractivity contribution < 1.29 is 19.2 Å². The quantitative estimate of drug-likeness (QED) is 0.872. The summed E-state index contributed by atoms with van der Waals surface area (Å²) < 4.78 is 12.1. The molecule has 0 spiro atoms. The summed E-state index contributed by atoms with van der Waals surface area (Å²) in [6.45, 7) is 8.06. The van der Waals surface area contributed by atoms with Gasteiger partial charge in [-0.1, -0.05) is 30.7 Å². The van der Waals surface area contributed by atoms with Crippen molar-refractivity contribution in [3.63, 3.8) is 0 Å². The Labute approximate surface area is 132 Å². The SMILES string of the molecule is CC1(C)OB(c2cccc(C3(C(=O)O)CCC3)c2)OC1(C)C. The maximum atomic E-state index is 11.7. The molecule has 22 heavy (non-hydrogen) atoms. The Balaban J connectivity index is 1.92. The maximum absolute atomic E-state index is 11.7. The topological polar surface area (TPSA) is 55.8 Å². The molecule has 1 saturated heterocycles. The largest absolute Gasteiger partial charge is 0.494 e. The standard InChI is InChI=1S/C17H23BO4/c1-15(2)16(3,4)22-18(21-15)13-8-5-7-12(11-13)17(14(19)20)9-6-10-17/h5,7-8,11H,6,9-10H2,1-4H3,(H,19,20). The third-order valence-electron chi connectivity index (χ3n) is 5.58. The Morgan fingerprint density at radius 3 is 2.18 bits per heavy atom. The van der Waals surface area contributed by atoms with Crippen LogP contribution in [0.5, 0.6) is 0 Å². The predicted octanol–water partition coefficient (Wildman–Crippen LogP) is 2.49. The van der Waals surface area contributed by atoms with E-state index < -0.39 is 29.7 Å². The fourth-order valence-corrected chi connectivity index (χ4v) is 3.12. The number of hydrogen-bond acceptors (Lipinski definition) is 3. The number of aliphatic carboxylic acids is 1. The van der Waals surface area contributed by atoms with Crippen LogP contribution in [-0.2, 0) is 19.5 Å². The second-order valence-corrected chi connectivity index (χ2v) is 7.45. The van der Waals surface area contributed by atoms with Crippen molar-refractivity contribution >= 4 is 18.6 Å². The van der Waals surface area contributed by atoms with Gasteiger partial charge in [0, 0.05) is 0 Å². The van der Waals surface area contributed by atoms with Crippen LogP contribution in [-0.4, -0.2) is 29.4 Å². The van der Waals surface area contributed by atoms with Gasteiger partial charge >= 0.3 is 13.1 Å². The van der Waals surface area contributed by atoms with E-state index in [0.717, 1.165) is 17.4 Å². The van der Waals surface area contributed by atoms with Crippen LogP contribution in [0.25, 0.3) is 0 Å². The summed E-state index contributed by atoms with van der Waals surface area (Å²) in [7, 11) is -0.448. The third-order valence-corrected chi connectivity index (χ3v) is 5.58. The fourth-order valence-electron chi connectivity index (χ4n) is 3.12. The highest BCUT2D eigenvalue weighted by atomic mass is 16.7. The Kier molecular flexibility index (Phi) is 3.42. The highest BCUT2D eigenvalue weighted by Gasteiger charge is 2.52. The minimum atomic E-state index is -0.732. The van der Waals surface area contributed by atoms with Crippen LogP contribution in [0.2, 0.25) is 0 Å². The molecule has 3 rings (SSSR count). The van der Waals surface area contributed by atoms with Crippen molar-refractivity contribution in [2.24, 2.45) is 0 Å². The lowest BCUT2D eigenvalue weighted by Gasteiger charge is -2.38. The molecule has 1 heterocycles. The van der Waals surface area contributed by atoms with Gasteiger partial charge in [-0.15, -0.1) is 0 Å². The van der Waals surface area contributed by atoms with Gasteiger partial charge in [0.15, 0.2) is 0 Å². The highest BCUT2D eigenvalue weighted by Crippen LogP contribution is 2.44. The summed E-state index contributed by atoms with van der Waals surface area (Å²) in [5, 5.41) is 9.60. The Morgan fingerprint density at radius 2 is 1.73 bits per heavy atom. The molecule has 118 valence electrons. The number of benzene rings is 1. The van der Waals surface area contributed by atoms with E-state index in [1.54, 1.807) is 0 Å². The van der Waals surface area contributed by atoms with E-state index in [1.807, 2.05) is 52.0 Å². The molecule has 0 radical (unpaired) electrons. The Hall–Kier alpha value is -1.33. The summed E-state index contributed by atoms with van der Waals surface area (Å²) >= 11 is 0. The molecule has 0 atom stereocenters. The summed E-state index contributed by atoms with van der Waals surface area (Å²) in [6.07, 6.45) is 2.37. The van der Waals surface area contributed by atoms with E-state index in [-0.39, 0.29) is 0 Å². The molecular weight excluding hydrogens is 279 g/mol. The molecule has 1 saturated carbocycles. The van der Waals surface area contributed by atoms with Gasteiger partial charge in [-0.05, 0) is 51.6 Å². The zero-order valence-corrected chi connectivity index (χ0v) is 13.7. The molecule has 1 aromatic rings. The van der Waals surface area contributed by atoms with Gasteiger partial charge in [0.25, 0.3) is 0 Å². The van der Waals surface area contributed by atoms with Crippen LogP contribution >= 0.6 is 0 Å². The number of carbonyl (C=O) groups is 1. The summed E-state index contributed by atoms with van der Waals surface area (Å²) in [5.41, 5.74) is 0.241. The van der Waals surface area contributed by atoms with Gasteiger partial charge in [0.05, 0.1) is 16.6 Å². The monoisotopic (exact) mass is 302 g/mol. The van der Waals surface area contributed by atoms with Crippen molar-refractivity contribution in [3.8, 4) is 0 Å². The first-order valence-corrected chi connectivity index (χ1v) is 7.87. The molecule has 1 aliphatic heterocycles. The van der Waals surface area contributed by atoms with E-state index in [9.17, 15) is 9.90 Å². The van der Waals surface area contributed by atoms with Crippen LogP contribution in [0.1, 0.15) is 52.5 Å². The predicted molar refractivity (Wildman–Crippen MR) is 85.3 cm³/mol. The van der Waals surface area contributed by atoms with E-state index >= 15 is 0 Å². The number of carboxylic acids is 1. The Morgan fingerprint density at radius 1 is 1.14 bits per heavy atom. The van der Waals surface area contributed by atoms with E-state index in [2.05, 4.69) is 0 Å². The lowest BCUT2D eigenvalue weighted by atomic mass is 9.63. The fraction of sp³-hybridized carbons (Fsp3) is 0.588. The molecule has 0 unspecified atom stereocenters. The van der Waals surface area contributed by atoms with Crippen molar-refractivity contribution in [2.75, 3.05) is 0 Å². The van der Waals surface area contributed by atoms with Crippen LogP contribution in [0.3, 0.4) is 0 Å². The minimum absolute atomic E-state index is 0.394. The second-order valence-electron chi connectivity index (χ2n) is 7.45. The van der Waals surface area contributed by atoms with Gasteiger partial charge in [-0.3, -0.25) is 4.79 Å². The van der Waals surface area contributed by atoms with Gasteiger partial charge in [0.1, 0.15) is 0 Å². The van der Waals surface area contributed by atoms with Crippen LogP contribution < -0.4 is 5.46 Å². The van der Waals surface area contributed by atoms with Crippen LogP contribution in [0.4, 0.5) is 0 Å². The normalized spacial score (nSPS) is 24.8. The van der Waals surface area contributed by atoms with E-state index in [4.69, 9.17) is 9.31 Å². The van der Waals surface area contributed by atoms with E-state index in [0.29, 0.717) is 12.8 Å². The molecule has 1 aromatic carbocycles. The molecule has 2 fully saturated rings. The van der Waals surface area contributed by atoms with Gasteiger partial charge in [-0.25, -0.2) is 0 Å². The van der Waals surface area contributed by atoms with E-state index in [1.165, 1.54) is 0 Å². The molecule has 5 heteroatoms. The van der Waals surface area contributed by atoms with Gasteiger partial charge in [0.2, 0.25) is 0 Å². The zero-order valence-electron chi connectivity index (χ0n) is 13.7. The molecule has 4 nitrogen and oxygen atoms in total. The molecule has 1 N–H and O–H groups in total. The number of carboxylic acid groups (broad SMARTS) is 1. The summed E-state index contributed by atoms with van der Waals surface area (Å²) in [5.74, 6) is -0.732. The van der Waals surface area contributed by atoms with Crippen molar-refractivity contribution in [3.05, 3.63) is 29.8 Å². The van der Waals surface area contributed by atoms with Crippen molar-refractivity contribution in [1.29, 1.82) is 0 Å². The Bertz CT molecular complexity index is 588. The lowest BCUT2D eigenvalue weighted by Crippen LogP contribution is -2.43. The molecule has 0 aromatic heterocycles. The molecule has 0 amide bonds. The first-order valence-electron chi connectivity index (χ1n) is 7.87. The first-order chi connectivity index (χ1) is 10.2. The average molecular weight is 302 g/mol. The third kappa shape index (κ3) is 2.18. The number of rotatable bonds is 3. The molecule has 2 aliphatic rings. The van der Waals surface area contributed by atoms with Gasteiger partial charge in [-0.2, -0.15) is 0 Å². The maximum Gasteiger partial charge on any atom is 0.494 e.